The Morgan fingerprint density at radius 2 is 1.68 bits per heavy atom. The zero-order valence-electron chi connectivity index (χ0n) is 14.9. The number of carbonyl (C=O) groups excluding carboxylic acids is 2. The molecule has 0 spiro atoms. The fraction of sp³-hybridized carbons (Fsp3) is 0.368. The van der Waals surface area contributed by atoms with Crippen molar-refractivity contribution in [2.24, 2.45) is 5.73 Å². The Hall–Kier alpha value is -2.27. The van der Waals surface area contributed by atoms with Gasteiger partial charge in [0.2, 0.25) is 5.91 Å². The molecular weight excluding hydrogens is 340 g/mol. The summed E-state index contributed by atoms with van der Waals surface area (Å²) in [7, 11) is 0. The van der Waals surface area contributed by atoms with Crippen LogP contribution >= 0.6 is 11.6 Å². The van der Waals surface area contributed by atoms with Crippen LogP contribution in [0.4, 0.5) is 0 Å². The lowest BCUT2D eigenvalue weighted by Crippen LogP contribution is -2.40. The Kier molecular flexibility index (Phi) is 8.78. The number of hydrogen-bond donors (Lipinski definition) is 1. The molecule has 0 fully saturated rings. The number of carbonyl (C=O) groups is 2. The van der Waals surface area contributed by atoms with E-state index in [0.717, 1.165) is 16.5 Å². The summed E-state index contributed by atoms with van der Waals surface area (Å²) in [6, 6.07) is 13.9. The highest BCUT2D eigenvalue weighted by atomic mass is 35.5. The Balaban J connectivity index is 0.000000550. The van der Waals surface area contributed by atoms with Crippen LogP contribution in [0.1, 0.15) is 20.8 Å². The topological polar surface area (TPSA) is 72.6 Å². The first kappa shape index (κ1) is 20.8. The number of alkyl halides is 1. The molecule has 2 aromatic rings. The largest absolute Gasteiger partial charge is 0.480 e. The Labute approximate surface area is 153 Å². The van der Waals surface area contributed by atoms with E-state index in [0.29, 0.717) is 13.1 Å². The van der Waals surface area contributed by atoms with Gasteiger partial charge in [0.25, 0.3) is 5.91 Å². The Morgan fingerprint density at radius 1 is 1.12 bits per heavy atom. The highest BCUT2D eigenvalue weighted by Crippen LogP contribution is 2.26. The number of nitrogens with zero attached hydrogens (tertiary/aromatic N) is 1. The molecule has 0 heterocycles. The third kappa shape index (κ3) is 6.27. The van der Waals surface area contributed by atoms with Crippen molar-refractivity contribution in [1.29, 1.82) is 0 Å². The van der Waals surface area contributed by atoms with E-state index in [2.05, 4.69) is 5.73 Å². The molecule has 0 saturated carbocycles. The van der Waals surface area contributed by atoms with Gasteiger partial charge in [0.05, 0.1) is 0 Å². The van der Waals surface area contributed by atoms with Crippen LogP contribution in [0.15, 0.2) is 42.5 Å². The lowest BCUT2D eigenvalue weighted by atomic mass is 10.1. The molecule has 1 unspecified atom stereocenters. The summed E-state index contributed by atoms with van der Waals surface area (Å²) in [5.41, 5.74) is 4.52. The lowest BCUT2D eigenvalue weighted by molar-refractivity contribution is -0.137. The number of amides is 2. The number of ether oxygens (including phenoxy) is 1. The fourth-order valence-electron chi connectivity index (χ4n) is 2.33. The maximum atomic E-state index is 12.2. The minimum Gasteiger partial charge on any atom is -0.480 e. The molecule has 0 aliphatic carbocycles. The molecule has 25 heavy (non-hydrogen) atoms. The van der Waals surface area contributed by atoms with Gasteiger partial charge in [0.1, 0.15) is 11.6 Å². The molecule has 0 aliphatic rings. The van der Waals surface area contributed by atoms with E-state index in [1.807, 2.05) is 63.2 Å². The average molecular weight is 365 g/mol. The van der Waals surface area contributed by atoms with Crippen molar-refractivity contribution in [2.45, 2.75) is 26.9 Å². The molecule has 0 saturated heterocycles. The number of nitrogens with two attached hydrogens (primary N) is 1. The van der Waals surface area contributed by atoms with E-state index in [-0.39, 0.29) is 11.8 Å². The summed E-state index contributed by atoms with van der Waals surface area (Å²) in [6.07, 6.45) is -0.472. The highest BCUT2D eigenvalue weighted by molar-refractivity contribution is 6.27. The third-order valence-corrected chi connectivity index (χ3v) is 3.87. The van der Waals surface area contributed by atoms with Gasteiger partial charge in [-0.2, -0.15) is 0 Å². The number of halogens is 1. The summed E-state index contributed by atoms with van der Waals surface area (Å²) >= 11 is 4.86. The van der Waals surface area contributed by atoms with Crippen molar-refractivity contribution in [3.63, 3.8) is 0 Å². The number of hydrogen-bond acceptors (Lipinski definition) is 3. The maximum Gasteiger partial charge on any atom is 0.263 e. The van der Waals surface area contributed by atoms with Crippen molar-refractivity contribution in [1.82, 2.24) is 4.90 Å². The quantitative estimate of drug-likeness (QED) is 0.800. The van der Waals surface area contributed by atoms with E-state index >= 15 is 0 Å². The van der Waals surface area contributed by atoms with Crippen LogP contribution in [0.2, 0.25) is 0 Å². The highest BCUT2D eigenvalue weighted by Gasteiger charge is 2.20. The van der Waals surface area contributed by atoms with Crippen molar-refractivity contribution in [3.05, 3.63) is 42.5 Å². The molecule has 2 aromatic carbocycles. The zero-order valence-corrected chi connectivity index (χ0v) is 15.6. The van der Waals surface area contributed by atoms with Crippen LogP contribution in [0.5, 0.6) is 5.75 Å². The van der Waals surface area contributed by atoms with Gasteiger partial charge in [-0.3, -0.25) is 9.59 Å². The summed E-state index contributed by atoms with van der Waals surface area (Å²) in [5.74, 6) is 0.228. The van der Waals surface area contributed by atoms with E-state index < -0.39 is 12.0 Å². The van der Waals surface area contributed by atoms with Crippen LogP contribution in [0, 0.1) is 0 Å². The van der Waals surface area contributed by atoms with Crippen molar-refractivity contribution in [3.8, 4) is 5.75 Å². The number of benzene rings is 2. The molecule has 1 atom stereocenters. The van der Waals surface area contributed by atoms with Crippen LogP contribution in [-0.4, -0.2) is 41.8 Å². The minimum absolute atomic E-state index is 0.0305. The van der Waals surface area contributed by atoms with Crippen LogP contribution < -0.4 is 10.5 Å². The Bertz CT molecular complexity index is 697. The monoisotopic (exact) mass is 364 g/mol. The second kappa shape index (κ2) is 10.6. The number of rotatable bonds is 6. The van der Waals surface area contributed by atoms with Gasteiger partial charge >= 0.3 is 0 Å². The molecule has 6 heteroatoms. The van der Waals surface area contributed by atoms with Crippen molar-refractivity contribution in [2.75, 3.05) is 19.0 Å². The predicted octanol–water partition coefficient (Wildman–Crippen LogP) is 3.19. The molecule has 0 bridgehead atoms. The molecular formula is C19H25ClN2O3. The van der Waals surface area contributed by atoms with Gasteiger partial charge in [-0.25, -0.2) is 0 Å². The van der Waals surface area contributed by atoms with E-state index in [9.17, 15) is 9.59 Å². The first-order valence-corrected chi connectivity index (χ1v) is 8.75. The summed E-state index contributed by atoms with van der Waals surface area (Å²) in [4.78, 5) is 23.5. The molecule has 136 valence electrons. The second-order valence-corrected chi connectivity index (χ2v) is 5.62. The maximum absolute atomic E-state index is 12.2. The summed E-state index contributed by atoms with van der Waals surface area (Å²) in [5, 5.41) is 2.15. The second-order valence-electron chi connectivity index (χ2n) is 5.35. The fourth-order valence-corrected chi connectivity index (χ4v) is 2.33. The molecule has 0 radical (unpaired) electrons. The zero-order chi connectivity index (χ0) is 18.8. The van der Waals surface area contributed by atoms with Crippen molar-refractivity contribution < 1.29 is 14.3 Å². The Morgan fingerprint density at radius 3 is 2.24 bits per heavy atom. The number of primary amides is 1. The van der Waals surface area contributed by atoms with Gasteiger partial charge in [-0.05, 0) is 32.2 Å². The summed E-state index contributed by atoms with van der Waals surface area (Å²) in [6.45, 7) is 7.18. The molecule has 0 aliphatic heterocycles. The van der Waals surface area contributed by atoms with Gasteiger partial charge in [-0.15, -0.1) is 11.6 Å². The summed E-state index contributed by atoms with van der Waals surface area (Å²) < 4.78 is 5.88. The van der Waals surface area contributed by atoms with E-state index in [1.54, 1.807) is 4.90 Å². The first-order valence-electron chi connectivity index (χ1n) is 8.22. The number of likely N-dealkylation sites (N-methyl/N-ethyl adjacent to an activating group) is 1. The SMILES string of the molecule is CCN(CC)C(=O)C(C)Oc1cccc2ccccc12.NC(=O)CCl. The molecule has 2 N–H and O–H groups in total. The standard InChI is InChI=1S/C17H21NO2.C2H4ClNO/c1-4-18(5-2)17(19)13(3)20-16-12-8-10-14-9-6-7-11-15(14)16;3-1-2(4)5/h6-13H,4-5H2,1-3H3;1H2,(H2,4,5). The average Bonchev–Trinajstić information content (AvgIpc) is 2.63. The predicted molar refractivity (Wildman–Crippen MR) is 102 cm³/mol. The smallest absolute Gasteiger partial charge is 0.263 e. The van der Waals surface area contributed by atoms with Crippen LogP contribution in [-0.2, 0) is 9.59 Å². The number of fused-ring (bicyclic) bond motifs is 1. The first-order chi connectivity index (χ1) is 11.9. The van der Waals surface area contributed by atoms with Gasteiger partial charge in [0.15, 0.2) is 6.10 Å². The van der Waals surface area contributed by atoms with Gasteiger partial charge in [0, 0.05) is 18.5 Å². The van der Waals surface area contributed by atoms with Crippen LogP contribution in [0.3, 0.4) is 0 Å². The van der Waals surface area contributed by atoms with Crippen LogP contribution in [0.25, 0.3) is 10.8 Å². The molecule has 2 rings (SSSR count). The normalized spacial score (nSPS) is 11.2. The minimum atomic E-state index is -0.480. The lowest BCUT2D eigenvalue weighted by Gasteiger charge is -2.23. The molecule has 5 nitrogen and oxygen atoms in total. The molecule has 2 amide bonds. The van der Waals surface area contributed by atoms with Gasteiger partial charge in [-0.1, -0.05) is 36.4 Å². The third-order valence-electron chi connectivity index (χ3n) is 3.61. The molecule has 0 aromatic heterocycles. The van der Waals surface area contributed by atoms with E-state index in [1.165, 1.54) is 0 Å². The van der Waals surface area contributed by atoms with Gasteiger partial charge < -0.3 is 15.4 Å². The van der Waals surface area contributed by atoms with E-state index in [4.69, 9.17) is 16.3 Å². The van der Waals surface area contributed by atoms with Crippen molar-refractivity contribution >= 4 is 34.2 Å².